The molecule has 154 valence electrons. The number of amides is 1. The van der Waals surface area contributed by atoms with Crippen LogP contribution in [0.4, 0.5) is 10.1 Å². The van der Waals surface area contributed by atoms with Gasteiger partial charge in [-0.1, -0.05) is 24.1 Å². The minimum atomic E-state index is -4.02. The van der Waals surface area contributed by atoms with Gasteiger partial charge in [0, 0.05) is 6.04 Å². The van der Waals surface area contributed by atoms with E-state index in [9.17, 15) is 17.6 Å². The molecule has 7 heteroatoms. The Balaban J connectivity index is 1.59. The third-order valence-electron chi connectivity index (χ3n) is 6.10. The lowest BCUT2D eigenvalue weighted by Crippen LogP contribution is -2.46. The highest BCUT2D eigenvalue weighted by Gasteiger charge is 2.40. The Kier molecular flexibility index (Phi) is 5.34. The molecular formula is C22H25FN2O3S. The average Bonchev–Trinajstić information content (AvgIpc) is 3.30. The number of hydrogen-bond acceptors (Lipinski definition) is 3. The second kappa shape index (κ2) is 7.78. The number of anilines is 1. The lowest BCUT2D eigenvalue weighted by atomic mass is 9.95. The Morgan fingerprint density at radius 2 is 1.76 bits per heavy atom. The predicted octanol–water partition coefficient (Wildman–Crippen LogP) is 3.63. The fourth-order valence-corrected chi connectivity index (χ4v) is 5.99. The van der Waals surface area contributed by atoms with Crippen LogP contribution in [0.2, 0.25) is 0 Å². The van der Waals surface area contributed by atoms with E-state index in [4.69, 9.17) is 0 Å². The lowest BCUT2D eigenvalue weighted by molar-refractivity contribution is -0.120. The molecule has 0 radical (unpaired) electrons. The maximum Gasteiger partial charge on any atom is 0.264 e. The summed E-state index contributed by atoms with van der Waals surface area (Å²) >= 11 is 0. The van der Waals surface area contributed by atoms with E-state index < -0.39 is 15.8 Å². The number of aryl methyl sites for hydroxylation is 1. The Bertz CT molecular complexity index is 990. The molecule has 0 unspecified atom stereocenters. The number of sulfonamides is 1. The molecule has 1 N–H and O–H groups in total. The fourth-order valence-electron chi connectivity index (χ4n) is 4.56. The minimum absolute atomic E-state index is 0.0489. The molecule has 0 saturated heterocycles. The first kappa shape index (κ1) is 19.9. The van der Waals surface area contributed by atoms with E-state index in [2.05, 4.69) is 5.32 Å². The number of benzene rings is 2. The molecule has 2 bridgehead atoms. The van der Waals surface area contributed by atoms with Gasteiger partial charge >= 0.3 is 0 Å². The van der Waals surface area contributed by atoms with Crippen molar-refractivity contribution in [1.82, 2.24) is 5.32 Å². The highest BCUT2D eigenvalue weighted by Crippen LogP contribution is 2.44. The predicted molar refractivity (Wildman–Crippen MR) is 109 cm³/mol. The topological polar surface area (TPSA) is 66.5 Å². The van der Waals surface area contributed by atoms with Gasteiger partial charge in [-0.05, 0) is 74.4 Å². The van der Waals surface area contributed by atoms with E-state index in [1.54, 1.807) is 24.3 Å². The van der Waals surface area contributed by atoms with E-state index in [1.165, 1.54) is 18.6 Å². The van der Waals surface area contributed by atoms with Gasteiger partial charge in [0.1, 0.15) is 12.4 Å². The van der Waals surface area contributed by atoms with Gasteiger partial charge in [-0.15, -0.1) is 0 Å². The smallest absolute Gasteiger partial charge is 0.264 e. The molecule has 2 saturated carbocycles. The van der Waals surface area contributed by atoms with Crippen LogP contribution in [0.15, 0.2) is 53.4 Å². The van der Waals surface area contributed by atoms with Crippen LogP contribution >= 0.6 is 0 Å². The summed E-state index contributed by atoms with van der Waals surface area (Å²) in [6.45, 7) is 1.60. The van der Waals surface area contributed by atoms with E-state index in [0.717, 1.165) is 41.3 Å². The van der Waals surface area contributed by atoms with Crippen molar-refractivity contribution in [2.75, 3.05) is 10.8 Å². The molecule has 4 rings (SSSR count). The van der Waals surface area contributed by atoms with Crippen molar-refractivity contribution < 1.29 is 17.6 Å². The van der Waals surface area contributed by atoms with Crippen LogP contribution in [0.1, 0.15) is 31.2 Å². The zero-order valence-corrected chi connectivity index (χ0v) is 17.2. The summed E-state index contributed by atoms with van der Waals surface area (Å²) in [5.41, 5.74) is 1.39. The molecule has 2 aliphatic carbocycles. The monoisotopic (exact) mass is 416 g/mol. The van der Waals surface area contributed by atoms with E-state index in [0.29, 0.717) is 17.5 Å². The third-order valence-corrected chi connectivity index (χ3v) is 7.88. The molecule has 0 aliphatic heterocycles. The summed E-state index contributed by atoms with van der Waals surface area (Å²) in [6, 6.07) is 11.8. The Morgan fingerprint density at radius 1 is 1.07 bits per heavy atom. The summed E-state index contributed by atoms with van der Waals surface area (Å²) in [5.74, 6) is 0.362. The van der Waals surface area contributed by atoms with Crippen LogP contribution in [0.25, 0.3) is 0 Å². The van der Waals surface area contributed by atoms with Crippen molar-refractivity contribution in [1.29, 1.82) is 0 Å². The first-order valence-corrected chi connectivity index (χ1v) is 11.4. The third kappa shape index (κ3) is 4.15. The molecular weight excluding hydrogens is 391 g/mol. The molecule has 2 aromatic rings. The van der Waals surface area contributed by atoms with Gasteiger partial charge in [0.15, 0.2) is 0 Å². The Labute approximate surface area is 171 Å². The SMILES string of the molecule is Cc1ccc(N(CC(=O)N[C@H]2C[C@@H]3CC[C@@H]2C3)S(=O)(=O)c2ccc(F)cc2)cc1. The first-order chi connectivity index (χ1) is 13.8. The van der Waals surface area contributed by atoms with Gasteiger partial charge < -0.3 is 5.32 Å². The van der Waals surface area contributed by atoms with Gasteiger partial charge in [0.25, 0.3) is 10.0 Å². The molecule has 5 nitrogen and oxygen atoms in total. The summed E-state index contributed by atoms with van der Waals surface area (Å²) in [5, 5.41) is 3.05. The van der Waals surface area contributed by atoms with Crippen molar-refractivity contribution in [2.24, 2.45) is 11.8 Å². The number of carbonyl (C=O) groups excluding carboxylic acids is 1. The molecule has 2 aliphatic rings. The standard InChI is InChI=1S/C22H25FN2O3S/c1-15-2-8-19(9-3-15)25(29(27,28)20-10-6-18(23)7-11-20)14-22(26)24-21-13-16-4-5-17(21)12-16/h2-3,6-11,16-17,21H,4-5,12-14H2,1H3,(H,24,26)/t16-,17-,21+/m1/s1. The zero-order chi connectivity index (χ0) is 20.6. The van der Waals surface area contributed by atoms with Crippen molar-refractivity contribution >= 4 is 21.6 Å². The second-order valence-corrected chi connectivity index (χ2v) is 10.0. The van der Waals surface area contributed by atoms with Crippen LogP contribution in [-0.2, 0) is 14.8 Å². The summed E-state index contributed by atoms with van der Waals surface area (Å²) in [6.07, 6.45) is 4.49. The number of fused-ring (bicyclic) bond motifs is 2. The van der Waals surface area contributed by atoms with Crippen molar-refractivity contribution in [2.45, 2.75) is 43.5 Å². The quantitative estimate of drug-likeness (QED) is 0.782. The maximum absolute atomic E-state index is 13.3. The van der Waals surface area contributed by atoms with E-state index >= 15 is 0 Å². The Hall–Kier alpha value is -2.41. The number of hydrogen-bond donors (Lipinski definition) is 1. The van der Waals surface area contributed by atoms with Crippen LogP contribution in [0.5, 0.6) is 0 Å². The molecule has 2 aromatic carbocycles. The maximum atomic E-state index is 13.3. The van der Waals surface area contributed by atoms with Crippen molar-refractivity contribution in [3.63, 3.8) is 0 Å². The first-order valence-electron chi connectivity index (χ1n) is 9.97. The van der Waals surface area contributed by atoms with Crippen molar-refractivity contribution in [3.8, 4) is 0 Å². The zero-order valence-electron chi connectivity index (χ0n) is 16.3. The fraction of sp³-hybridized carbons (Fsp3) is 0.409. The normalized spacial score (nSPS) is 23.2. The molecule has 2 fully saturated rings. The van der Waals surface area contributed by atoms with Crippen LogP contribution < -0.4 is 9.62 Å². The number of rotatable bonds is 6. The minimum Gasteiger partial charge on any atom is -0.352 e. The molecule has 0 aromatic heterocycles. The highest BCUT2D eigenvalue weighted by molar-refractivity contribution is 7.92. The summed E-state index contributed by atoms with van der Waals surface area (Å²) in [4.78, 5) is 12.7. The summed E-state index contributed by atoms with van der Waals surface area (Å²) < 4.78 is 40.9. The Morgan fingerprint density at radius 3 is 2.34 bits per heavy atom. The highest BCUT2D eigenvalue weighted by atomic mass is 32.2. The number of nitrogens with one attached hydrogen (secondary N) is 1. The lowest BCUT2D eigenvalue weighted by Gasteiger charge is -2.27. The van der Waals surface area contributed by atoms with Gasteiger partial charge in [-0.2, -0.15) is 0 Å². The second-order valence-electron chi connectivity index (χ2n) is 8.15. The van der Waals surface area contributed by atoms with Gasteiger partial charge in [-0.25, -0.2) is 12.8 Å². The number of carbonyl (C=O) groups is 1. The van der Waals surface area contributed by atoms with Crippen molar-refractivity contribution in [3.05, 3.63) is 59.9 Å². The summed E-state index contributed by atoms with van der Waals surface area (Å²) in [7, 11) is -4.02. The molecule has 0 spiro atoms. The average molecular weight is 417 g/mol. The van der Waals surface area contributed by atoms with Gasteiger partial charge in [0.2, 0.25) is 5.91 Å². The van der Waals surface area contributed by atoms with Gasteiger partial charge in [-0.3, -0.25) is 9.10 Å². The van der Waals surface area contributed by atoms with Crippen LogP contribution in [0.3, 0.4) is 0 Å². The molecule has 3 atom stereocenters. The van der Waals surface area contributed by atoms with E-state index in [1.807, 2.05) is 6.92 Å². The van der Waals surface area contributed by atoms with E-state index in [-0.39, 0.29) is 23.4 Å². The van der Waals surface area contributed by atoms with Crippen LogP contribution in [0, 0.1) is 24.6 Å². The molecule has 29 heavy (non-hydrogen) atoms. The van der Waals surface area contributed by atoms with Crippen LogP contribution in [-0.4, -0.2) is 26.9 Å². The van der Waals surface area contributed by atoms with Gasteiger partial charge in [0.05, 0.1) is 10.6 Å². The number of nitrogens with zero attached hydrogens (tertiary/aromatic N) is 1. The largest absolute Gasteiger partial charge is 0.352 e. The molecule has 0 heterocycles. The molecule has 1 amide bonds. The number of halogens is 1.